The van der Waals surface area contributed by atoms with E-state index in [1.54, 1.807) is 19.2 Å². The van der Waals surface area contributed by atoms with E-state index in [-0.39, 0.29) is 12.1 Å². The van der Waals surface area contributed by atoms with Crippen LogP contribution >= 0.6 is 0 Å². The van der Waals surface area contributed by atoms with Crippen LogP contribution in [0.3, 0.4) is 0 Å². The number of nitrogens with zero attached hydrogens (tertiary/aromatic N) is 1. The Morgan fingerprint density at radius 3 is 2.87 bits per heavy atom. The summed E-state index contributed by atoms with van der Waals surface area (Å²) in [5.74, 6) is 1.16. The summed E-state index contributed by atoms with van der Waals surface area (Å²) < 4.78 is 5.01. The molecule has 0 unspecified atom stereocenters. The summed E-state index contributed by atoms with van der Waals surface area (Å²) in [6, 6.07) is 3.74. The third-order valence-electron chi connectivity index (χ3n) is 2.56. The highest BCUT2D eigenvalue weighted by Gasteiger charge is 2.27. The van der Waals surface area contributed by atoms with Gasteiger partial charge < -0.3 is 20.9 Å². The van der Waals surface area contributed by atoms with Crippen LogP contribution in [0, 0.1) is 0 Å². The first kappa shape index (κ1) is 10.0. The van der Waals surface area contributed by atoms with Gasteiger partial charge in [0.25, 0.3) is 0 Å². The average molecular weight is 209 g/mol. The first-order valence-corrected chi connectivity index (χ1v) is 4.94. The SMILES string of the molecule is COc1ccc(N)c(NC2CC(O)C2)n1. The number of hydrogen-bond donors (Lipinski definition) is 3. The summed E-state index contributed by atoms with van der Waals surface area (Å²) in [5, 5.41) is 12.3. The molecule has 0 amide bonds. The Morgan fingerprint density at radius 1 is 1.53 bits per heavy atom. The molecule has 0 radical (unpaired) electrons. The molecule has 0 saturated heterocycles. The Bertz CT molecular complexity index is 351. The van der Waals surface area contributed by atoms with Crippen LogP contribution in [-0.4, -0.2) is 29.3 Å². The summed E-state index contributed by atoms with van der Waals surface area (Å²) in [5.41, 5.74) is 6.36. The van der Waals surface area contributed by atoms with E-state index in [9.17, 15) is 0 Å². The normalized spacial score (nSPS) is 24.4. The minimum absolute atomic E-state index is 0.186. The predicted octanol–water partition coefficient (Wildman–Crippen LogP) is 0.608. The summed E-state index contributed by atoms with van der Waals surface area (Å²) >= 11 is 0. The van der Waals surface area contributed by atoms with Crippen molar-refractivity contribution in [3.8, 4) is 5.88 Å². The van der Waals surface area contributed by atoms with Crippen LogP contribution in [0.5, 0.6) is 5.88 Å². The molecule has 0 atom stereocenters. The molecule has 1 fully saturated rings. The minimum atomic E-state index is -0.186. The van der Waals surface area contributed by atoms with Gasteiger partial charge in [0, 0.05) is 12.1 Å². The van der Waals surface area contributed by atoms with Gasteiger partial charge in [-0.3, -0.25) is 0 Å². The molecular formula is C10H15N3O2. The maximum absolute atomic E-state index is 9.15. The molecule has 15 heavy (non-hydrogen) atoms. The van der Waals surface area contributed by atoms with Crippen LogP contribution in [-0.2, 0) is 0 Å². The van der Waals surface area contributed by atoms with E-state index in [1.165, 1.54) is 0 Å². The van der Waals surface area contributed by atoms with Gasteiger partial charge in [-0.15, -0.1) is 0 Å². The van der Waals surface area contributed by atoms with Gasteiger partial charge >= 0.3 is 0 Å². The van der Waals surface area contributed by atoms with E-state index in [4.69, 9.17) is 15.6 Å². The largest absolute Gasteiger partial charge is 0.481 e. The molecule has 0 aliphatic heterocycles. The number of methoxy groups -OCH3 is 1. The number of aliphatic hydroxyl groups is 1. The van der Waals surface area contributed by atoms with Crippen LogP contribution in [0.2, 0.25) is 0 Å². The molecule has 1 heterocycles. The Balaban J connectivity index is 2.06. The van der Waals surface area contributed by atoms with Crippen molar-refractivity contribution in [3.63, 3.8) is 0 Å². The van der Waals surface area contributed by atoms with E-state index >= 15 is 0 Å². The average Bonchev–Trinajstić information content (AvgIpc) is 2.19. The molecule has 5 heteroatoms. The number of rotatable bonds is 3. The van der Waals surface area contributed by atoms with Gasteiger partial charge in [0.2, 0.25) is 5.88 Å². The number of ether oxygens (including phenoxy) is 1. The van der Waals surface area contributed by atoms with Crippen LogP contribution in [0.15, 0.2) is 12.1 Å². The van der Waals surface area contributed by atoms with E-state index in [0.717, 1.165) is 12.8 Å². The van der Waals surface area contributed by atoms with Gasteiger partial charge in [0.1, 0.15) is 0 Å². The lowest BCUT2D eigenvalue weighted by Crippen LogP contribution is -2.39. The summed E-state index contributed by atoms with van der Waals surface area (Å²) in [6.45, 7) is 0. The van der Waals surface area contributed by atoms with Gasteiger partial charge in [0.05, 0.1) is 18.9 Å². The number of aromatic nitrogens is 1. The molecule has 1 aliphatic carbocycles. The Kier molecular flexibility index (Phi) is 2.64. The third-order valence-corrected chi connectivity index (χ3v) is 2.56. The molecule has 0 aromatic carbocycles. The molecule has 2 rings (SSSR count). The van der Waals surface area contributed by atoms with Crippen molar-refractivity contribution in [2.45, 2.75) is 25.0 Å². The molecule has 5 nitrogen and oxygen atoms in total. The van der Waals surface area contributed by atoms with Gasteiger partial charge in [-0.05, 0) is 18.9 Å². The number of nitrogens with two attached hydrogens (primary N) is 1. The number of pyridine rings is 1. The Morgan fingerprint density at radius 2 is 2.27 bits per heavy atom. The van der Waals surface area contributed by atoms with E-state index < -0.39 is 0 Å². The van der Waals surface area contributed by atoms with Crippen molar-refractivity contribution < 1.29 is 9.84 Å². The van der Waals surface area contributed by atoms with Crippen LogP contribution in [0.4, 0.5) is 11.5 Å². The Labute approximate surface area is 88.3 Å². The second-order valence-electron chi connectivity index (χ2n) is 3.76. The van der Waals surface area contributed by atoms with Crippen molar-refractivity contribution >= 4 is 11.5 Å². The molecule has 1 aliphatic rings. The zero-order valence-corrected chi connectivity index (χ0v) is 8.60. The number of aliphatic hydroxyl groups excluding tert-OH is 1. The summed E-state index contributed by atoms with van der Waals surface area (Å²) in [6.07, 6.45) is 1.31. The molecule has 0 bridgehead atoms. The summed E-state index contributed by atoms with van der Waals surface area (Å²) in [7, 11) is 1.56. The van der Waals surface area contributed by atoms with Gasteiger partial charge in [-0.2, -0.15) is 4.98 Å². The molecule has 1 saturated carbocycles. The second-order valence-corrected chi connectivity index (χ2v) is 3.76. The highest BCUT2D eigenvalue weighted by atomic mass is 16.5. The van der Waals surface area contributed by atoms with Crippen LogP contribution in [0.1, 0.15) is 12.8 Å². The zero-order valence-electron chi connectivity index (χ0n) is 8.60. The molecule has 1 aromatic rings. The topological polar surface area (TPSA) is 80.4 Å². The lowest BCUT2D eigenvalue weighted by Gasteiger charge is -2.32. The van der Waals surface area contributed by atoms with E-state index in [1.807, 2.05) is 0 Å². The van der Waals surface area contributed by atoms with Crippen molar-refractivity contribution in [1.82, 2.24) is 4.98 Å². The Hall–Kier alpha value is -1.49. The number of hydrogen-bond acceptors (Lipinski definition) is 5. The van der Waals surface area contributed by atoms with Crippen molar-refractivity contribution in [2.75, 3.05) is 18.2 Å². The number of anilines is 2. The van der Waals surface area contributed by atoms with Crippen molar-refractivity contribution in [2.24, 2.45) is 0 Å². The van der Waals surface area contributed by atoms with E-state index in [2.05, 4.69) is 10.3 Å². The molecule has 1 aromatic heterocycles. The quantitative estimate of drug-likeness (QED) is 0.679. The predicted molar refractivity (Wildman–Crippen MR) is 57.9 cm³/mol. The number of nitrogens with one attached hydrogen (secondary N) is 1. The van der Waals surface area contributed by atoms with Crippen LogP contribution in [0.25, 0.3) is 0 Å². The maximum atomic E-state index is 9.15. The molecular weight excluding hydrogens is 194 g/mol. The molecule has 0 spiro atoms. The second kappa shape index (κ2) is 3.94. The fourth-order valence-corrected chi connectivity index (χ4v) is 1.58. The monoisotopic (exact) mass is 209 g/mol. The lowest BCUT2D eigenvalue weighted by molar-refractivity contribution is 0.0835. The first-order valence-electron chi connectivity index (χ1n) is 4.94. The zero-order chi connectivity index (χ0) is 10.8. The lowest BCUT2D eigenvalue weighted by atomic mass is 9.89. The third kappa shape index (κ3) is 2.12. The smallest absolute Gasteiger partial charge is 0.215 e. The maximum Gasteiger partial charge on any atom is 0.215 e. The van der Waals surface area contributed by atoms with Crippen molar-refractivity contribution in [3.05, 3.63) is 12.1 Å². The first-order chi connectivity index (χ1) is 7.19. The van der Waals surface area contributed by atoms with Gasteiger partial charge in [-0.1, -0.05) is 0 Å². The van der Waals surface area contributed by atoms with Crippen molar-refractivity contribution in [1.29, 1.82) is 0 Å². The standard InChI is InChI=1S/C10H15N3O2/c1-15-9-3-2-8(11)10(13-9)12-6-4-7(14)5-6/h2-3,6-7,14H,4-5,11H2,1H3,(H,12,13). The fourth-order valence-electron chi connectivity index (χ4n) is 1.58. The number of nitrogen functional groups attached to an aromatic ring is 1. The molecule has 82 valence electrons. The highest BCUT2D eigenvalue weighted by Crippen LogP contribution is 2.27. The molecule has 4 N–H and O–H groups in total. The summed E-state index contributed by atoms with van der Waals surface area (Å²) in [4.78, 5) is 4.20. The van der Waals surface area contributed by atoms with Gasteiger partial charge in [0.15, 0.2) is 5.82 Å². The fraction of sp³-hybridized carbons (Fsp3) is 0.500. The minimum Gasteiger partial charge on any atom is -0.481 e. The van der Waals surface area contributed by atoms with E-state index in [0.29, 0.717) is 17.4 Å². The van der Waals surface area contributed by atoms with Crippen LogP contribution < -0.4 is 15.8 Å². The highest BCUT2D eigenvalue weighted by molar-refractivity contribution is 5.62. The van der Waals surface area contributed by atoms with Gasteiger partial charge in [-0.25, -0.2) is 0 Å².